The van der Waals surface area contributed by atoms with Gasteiger partial charge >= 0.3 is 0 Å². The number of aromatic nitrogens is 4. The van der Waals surface area contributed by atoms with Gasteiger partial charge in [-0.05, 0) is 61.4 Å². The molecule has 6 nitrogen and oxygen atoms in total. The molecule has 1 spiro atoms. The van der Waals surface area contributed by atoms with Gasteiger partial charge in [-0.25, -0.2) is 8.78 Å². The molecular formula is C23H25F2N5OS. The van der Waals surface area contributed by atoms with Crippen LogP contribution >= 0.6 is 11.8 Å². The number of hydrogen-bond acceptors (Lipinski definition) is 5. The number of hydrogen-bond donors (Lipinski definition) is 1. The molecule has 0 unspecified atom stereocenters. The molecule has 2 aromatic heterocycles. The van der Waals surface area contributed by atoms with Gasteiger partial charge in [0, 0.05) is 43.2 Å². The first kappa shape index (κ1) is 21.3. The third-order valence-electron chi connectivity index (χ3n) is 6.72. The standard InChI is InChI=1S/C23H25F2N5OS/c1-29-21(15-3-6-20(31)26-13-15)27-28-22(29)32-10-2-8-30-9-7-23(14-30)12-18(23)17-5-4-16(24)11-19(17)25/h3-6,11,13,18H,2,7-10,12,14H2,1H3,(H,26,31)/t18-,23+/m0/s1. The van der Waals surface area contributed by atoms with Crippen molar-refractivity contribution in [3.63, 3.8) is 0 Å². The molecule has 3 aromatic rings. The average molecular weight is 458 g/mol. The Labute approximate surface area is 189 Å². The van der Waals surface area contributed by atoms with Crippen molar-refractivity contribution in [3.05, 3.63) is 64.1 Å². The molecule has 0 radical (unpaired) electrons. The molecular weight excluding hydrogens is 432 g/mol. The Morgan fingerprint density at radius 2 is 2.12 bits per heavy atom. The van der Waals surface area contributed by atoms with E-state index in [1.54, 1.807) is 30.1 Å². The molecule has 1 aliphatic heterocycles. The molecule has 1 saturated heterocycles. The number of aromatic amines is 1. The van der Waals surface area contributed by atoms with E-state index in [0.29, 0.717) is 5.56 Å². The van der Waals surface area contributed by atoms with Gasteiger partial charge in [-0.3, -0.25) is 4.79 Å². The summed E-state index contributed by atoms with van der Waals surface area (Å²) < 4.78 is 29.3. The molecule has 1 saturated carbocycles. The van der Waals surface area contributed by atoms with Crippen molar-refractivity contribution >= 4 is 11.8 Å². The molecule has 1 aliphatic carbocycles. The largest absolute Gasteiger partial charge is 0.328 e. The molecule has 1 N–H and O–H groups in total. The van der Waals surface area contributed by atoms with Crippen LogP contribution in [-0.4, -0.2) is 50.0 Å². The molecule has 5 rings (SSSR count). The first-order valence-corrected chi connectivity index (χ1v) is 11.8. The van der Waals surface area contributed by atoms with Gasteiger partial charge in [0.15, 0.2) is 11.0 Å². The number of rotatable bonds is 7. The molecule has 32 heavy (non-hydrogen) atoms. The lowest BCUT2D eigenvalue weighted by Gasteiger charge is -2.16. The Morgan fingerprint density at radius 1 is 1.25 bits per heavy atom. The lowest BCUT2D eigenvalue weighted by molar-refractivity contribution is 0.319. The van der Waals surface area contributed by atoms with Gasteiger partial charge < -0.3 is 14.5 Å². The minimum absolute atomic E-state index is 0.144. The second kappa shape index (κ2) is 8.44. The number of likely N-dealkylation sites (tertiary alicyclic amines) is 1. The van der Waals surface area contributed by atoms with E-state index in [9.17, 15) is 13.6 Å². The maximum Gasteiger partial charge on any atom is 0.247 e. The fraction of sp³-hybridized carbons (Fsp3) is 0.435. The molecule has 1 aromatic carbocycles. The van der Waals surface area contributed by atoms with Crippen LogP contribution in [-0.2, 0) is 7.05 Å². The van der Waals surface area contributed by atoms with E-state index in [0.717, 1.165) is 67.3 Å². The summed E-state index contributed by atoms with van der Waals surface area (Å²) in [6, 6.07) is 7.20. The minimum Gasteiger partial charge on any atom is -0.328 e. The first-order chi connectivity index (χ1) is 15.4. The summed E-state index contributed by atoms with van der Waals surface area (Å²) in [6.07, 6.45) is 4.74. The van der Waals surface area contributed by atoms with Crippen LogP contribution in [0.3, 0.4) is 0 Å². The maximum absolute atomic E-state index is 14.2. The fourth-order valence-corrected chi connectivity index (χ4v) is 5.73. The number of nitrogens with zero attached hydrogens (tertiary/aromatic N) is 4. The van der Waals surface area contributed by atoms with Crippen molar-refractivity contribution in [2.45, 2.75) is 30.3 Å². The summed E-state index contributed by atoms with van der Waals surface area (Å²) in [5.41, 5.74) is 1.52. The highest BCUT2D eigenvalue weighted by atomic mass is 32.2. The van der Waals surface area contributed by atoms with Crippen molar-refractivity contribution in [3.8, 4) is 11.4 Å². The van der Waals surface area contributed by atoms with Crippen LogP contribution in [0.1, 0.15) is 30.7 Å². The highest BCUT2D eigenvalue weighted by molar-refractivity contribution is 7.99. The number of H-pyrrole nitrogens is 1. The molecule has 2 atom stereocenters. The molecule has 3 heterocycles. The number of nitrogens with one attached hydrogen (secondary N) is 1. The molecule has 0 bridgehead atoms. The van der Waals surface area contributed by atoms with E-state index in [1.165, 1.54) is 12.1 Å². The number of pyridine rings is 1. The normalized spacial score (nSPS) is 22.7. The summed E-state index contributed by atoms with van der Waals surface area (Å²) >= 11 is 1.67. The lowest BCUT2D eigenvalue weighted by atomic mass is 9.98. The number of benzene rings is 1. The smallest absolute Gasteiger partial charge is 0.247 e. The Kier molecular flexibility index (Phi) is 5.63. The average Bonchev–Trinajstić information content (AvgIpc) is 3.09. The summed E-state index contributed by atoms with van der Waals surface area (Å²) in [4.78, 5) is 16.4. The van der Waals surface area contributed by atoms with Crippen molar-refractivity contribution < 1.29 is 8.78 Å². The van der Waals surface area contributed by atoms with Crippen LogP contribution in [0.15, 0.2) is 46.5 Å². The van der Waals surface area contributed by atoms with E-state index < -0.39 is 11.6 Å². The summed E-state index contributed by atoms with van der Waals surface area (Å²) in [5, 5.41) is 9.38. The fourth-order valence-electron chi connectivity index (χ4n) is 4.89. The molecule has 2 aliphatic rings. The van der Waals surface area contributed by atoms with Gasteiger partial charge in [0.05, 0.1) is 0 Å². The Balaban J connectivity index is 1.11. The highest BCUT2D eigenvalue weighted by Crippen LogP contribution is 2.64. The van der Waals surface area contributed by atoms with E-state index in [1.807, 2.05) is 11.6 Å². The number of thioether (sulfide) groups is 1. The van der Waals surface area contributed by atoms with Crippen LogP contribution in [0.4, 0.5) is 8.78 Å². The second-order valence-electron chi connectivity index (χ2n) is 8.82. The molecule has 168 valence electrons. The highest BCUT2D eigenvalue weighted by Gasteiger charge is 2.58. The van der Waals surface area contributed by atoms with Crippen molar-refractivity contribution in [1.82, 2.24) is 24.6 Å². The van der Waals surface area contributed by atoms with Crippen molar-refractivity contribution in [2.75, 3.05) is 25.4 Å². The molecule has 0 amide bonds. The van der Waals surface area contributed by atoms with Crippen LogP contribution in [0.25, 0.3) is 11.4 Å². The predicted molar refractivity (Wildman–Crippen MR) is 120 cm³/mol. The zero-order chi connectivity index (χ0) is 22.3. The van der Waals surface area contributed by atoms with Crippen LogP contribution in [0.5, 0.6) is 0 Å². The zero-order valence-electron chi connectivity index (χ0n) is 17.9. The van der Waals surface area contributed by atoms with E-state index in [2.05, 4.69) is 20.1 Å². The van der Waals surface area contributed by atoms with Crippen molar-refractivity contribution in [1.29, 1.82) is 0 Å². The quantitative estimate of drug-likeness (QED) is 0.432. The van der Waals surface area contributed by atoms with Gasteiger partial charge in [-0.2, -0.15) is 0 Å². The molecule has 2 fully saturated rings. The Hall–Kier alpha value is -2.52. The summed E-state index contributed by atoms with van der Waals surface area (Å²) in [5.74, 6) is 0.939. The van der Waals surface area contributed by atoms with Gasteiger partial charge in [0.2, 0.25) is 5.56 Å². The maximum atomic E-state index is 14.2. The van der Waals surface area contributed by atoms with E-state index in [-0.39, 0.29) is 16.9 Å². The van der Waals surface area contributed by atoms with Crippen LogP contribution < -0.4 is 5.56 Å². The van der Waals surface area contributed by atoms with E-state index in [4.69, 9.17) is 0 Å². The Bertz CT molecular complexity index is 1170. The van der Waals surface area contributed by atoms with Crippen molar-refractivity contribution in [2.24, 2.45) is 12.5 Å². The minimum atomic E-state index is -0.514. The SMILES string of the molecule is Cn1c(SCCCN2CC[C@@]3(C[C@H]3c3ccc(F)cc3F)C2)nnc1-c1ccc(=O)[nH]c1. The first-order valence-electron chi connectivity index (χ1n) is 10.8. The third kappa shape index (κ3) is 4.11. The van der Waals surface area contributed by atoms with Gasteiger partial charge in [-0.15, -0.1) is 10.2 Å². The van der Waals surface area contributed by atoms with Gasteiger partial charge in [0.25, 0.3) is 0 Å². The van der Waals surface area contributed by atoms with Gasteiger partial charge in [-0.1, -0.05) is 17.8 Å². The monoisotopic (exact) mass is 457 g/mol. The van der Waals surface area contributed by atoms with Crippen LogP contribution in [0.2, 0.25) is 0 Å². The van der Waals surface area contributed by atoms with E-state index >= 15 is 0 Å². The summed E-state index contributed by atoms with van der Waals surface area (Å²) in [6.45, 7) is 3.02. The Morgan fingerprint density at radius 3 is 2.91 bits per heavy atom. The second-order valence-corrected chi connectivity index (χ2v) is 9.88. The zero-order valence-corrected chi connectivity index (χ0v) is 18.7. The topological polar surface area (TPSA) is 66.8 Å². The third-order valence-corrected chi connectivity index (χ3v) is 7.83. The lowest BCUT2D eigenvalue weighted by Crippen LogP contribution is -2.23. The molecule has 9 heteroatoms. The van der Waals surface area contributed by atoms with Gasteiger partial charge in [0.1, 0.15) is 11.6 Å². The van der Waals surface area contributed by atoms with Crippen LogP contribution in [0, 0.1) is 17.0 Å². The number of halogens is 2. The summed E-state index contributed by atoms with van der Waals surface area (Å²) in [7, 11) is 1.93. The predicted octanol–water partition coefficient (Wildman–Crippen LogP) is 3.81.